The molecule has 0 unspecified atom stereocenters. The second-order valence-electron chi connectivity index (χ2n) is 4.42. The van der Waals surface area contributed by atoms with E-state index in [0.717, 1.165) is 24.1 Å². The lowest BCUT2D eigenvalue weighted by Crippen LogP contribution is -2.10. The molecule has 100 valence electrons. The van der Waals surface area contributed by atoms with E-state index in [9.17, 15) is 4.39 Å². The molecule has 0 aliphatic rings. The monoisotopic (exact) mass is 260 g/mol. The van der Waals surface area contributed by atoms with Gasteiger partial charge in [-0.25, -0.2) is 20.2 Å². The number of rotatable bonds is 4. The third-order valence-corrected chi connectivity index (χ3v) is 2.87. The number of aromatic nitrogens is 2. The predicted molar refractivity (Wildman–Crippen MR) is 74.0 cm³/mol. The molecule has 0 saturated carbocycles. The second-order valence-corrected chi connectivity index (χ2v) is 4.42. The lowest BCUT2D eigenvalue weighted by atomic mass is 10.1. The van der Waals surface area contributed by atoms with Gasteiger partial charge in [0.2, 0.25) is 0 Å². The number of nitrogens with one attached hydrogen (secondary N) is 1. The van der Waals surface area contributed by atoms with Crippen molar-refractivity contribution in [2.75, 3.05) is 5.43 Å². The normalized spacial score (nSPS) is 10.5. The van der Waals surface area contributed by atoms with Crippen LogP contribution in [0.2, 0.25) is 0 Å². The highest BCUT2D eigenvalue weighted by Gasteiger charge is 2.09. The van der Waals surface area contributed by atoms with E-state index in [4.69, 9.17) is 5.84 Å². The highest BCUT2D eigenvalue weighted by atomic mass is 19.1. The molecule has 4 nitrogen and oxygen atoms in total. The molecule has 1 aromatic carbocycles. The molecule has 2 rings (SSSR count). The summed E-state index contributed by atoms with van der Waals surface area (Å²) < 4.78 is 13.4. The number of halogens is 1. The Kier molecular flexibility index (Phi) is 4.06. The highest BCUT2D eigenvalue weighted by Crippen LogP contribution is 2.23. The maximum Gasteiger partial charge on any atom is 0.162 e. The number of nitrogen functional groups attached to an aromatic ring is 1. The molecule has 0 amide bonds. The van der Waals surface area contributed by atoms with E-state index in [1.165, 1.54) is 12.1 Å². The molecule has 0 aliphatic carbocycles. The molecule has 1 aromatic heterocycles. The van der Waals surface area contributed by atoms with Gasteiger partial charge in [-0.05, 0) is 31.0 Å². The predicted octanol–water partition coefficient (Wildman–Crippen LogP) is 2.83. The fourth-order valence-corrected chi connectivity index (χ4v) is 1.91. The van der Waals surface area contributed by atoms with Crippen LogP contribution < -0.4 is 11.3 Å². The quantitative estimate of drug-likeness (QED) is 0.655. The van der Waals surface area contributed by atoms with Crippen molar-refractivity contribution in [3.05, 3.63) is 41.3 Å². The molecular weight excluding hydrogens is 243 g/mol. The van der Waals surface area contributed by atoms with E-state index in [-0.39, 0.29) is 5.82 Å². The van der Waals surface area contributed by atoms with Gasteiger partial charge in [-0.1, -0.05) is 19.4 Å². The van der Waals surface area contributed by atoms with Gasteiger partial charge in [0.15, 0.2) is 5.82 Å². The minimum atomic E-state index is -0.299. The molecule has 5 heteroatoms. The summed E-state index contributed by atoms with van der Waals surface area (Å²) >= 11 is 0. The van der Waals surface area contributed by atoms with E-state index >= 15 is 0 Å². The van der Waals surface area contributed by atoms with Crippen molar-refractivity contribution in [2.45, 2.75) is 26.7 Å². The Morgan fingerprint density at radius 3 is 2.74 bits per heavy atom. The number of hydrogen-bond acceptors (Lipinski definition) is 4. The van der Waals surface area contributed by atoms with Gasteiger partial charge in [0.05, 0.1) is 0 Å². The van der Waals surface area contributed by atoms with Crippen LogP contribution in [0.5, 0.6) is 0 Å². The molecular formula is C14H17FN4. The number of aryl methyl sites for hydroxylation is 2. The summed E-state index contributed by atoms with van der Waals surface area (Å²) in [5, 5.41) is 0. The van der Waals surface area contributed by atoms with Crippen molar-refractivity contribution < 1.29 is 4.39 Å². The van der Waals surface area contributed by atoms with Crippen LogP contribution in [-0.2, 0) is 6.42 Å². The topological polar surface area (TPSA) is 63.8 Å². The minimum absolute atomic E-state index is 0.299. The van der Waals surface area contributed by atoms with Crippen LogP contribution in [0.15, 0.2) is 24.3 Å². The van der Waals surface area contributed by atoms with Gasteiger partial charge in [-0.3, -0.25) is 0 Å². The molecule has 0 spiro atoms. The molecule has 1 heterocycles. The van der Waals surface area contributed by atoms with Crippen LogP contribution in [0.25, 0.3) is 11.4 Å². The first kappa shape index (κ1) is 13.4. The summed E-state index contributed by atoms with van der Waals surface area (Å²) in [6.45, 7) is 3.98. The van der Waals surface area contributed by atoms with Crippen molar-refractivity contribution in [1.82, 2.24) is 9.97 Å². The lowest BCUT2D eigenvalue weighted by Gasteiger charge is -2.09. The zero-order chi connectivity index (χ0) is 13.8. The Balaban J connectivity index is 2.54. The number of anilines is 1. The standard InChI is InChI=1S/C14H17FN4/c1-3-4-11-8-13(19-16)18-14(17-11)12-7-10(15)6-5-9(12)2/h5-8H,3-4,16H2,1-2H3,(H,17,18,19). The zero-order valence-corrected chi connectivity index (χ0v) is 11.1. The third-order valence-electron chi connectivity index (χ3n) is 2.87. The highest BCUT2D eigenvalue weighted by molar-refractivity contribution is 5.61. The summed E-state index contributed by atoms with van der Waals surface area (Å²) in [5.41, 5.74) is 5.04. The Labute approximate surface area is 111 Å². The summed E-state index contributed by atoms with van der Waals surface area (Å²) in [5.74, 6) is 6.15. The molecule has 3 N–H and O–H groups in total. The summed E-state index contributed by atoms with van der Waals surface area (Å²) in [6.07, 6.45) is 1.81. The molecule has 0 saturated heterocycles. The largest absolute Gasteiger partial charge is 0.308 e. The fraction of sp³-hybridized carbons (Fsp3) is 0.286. The van der Waals surface area contributed by atoms with Gasteiger partial charge in [-0.2, -0.15) is 0 Å². The van der Waals surface area contributed by atoms with E-state index in [2.05, 4.69) is 22.3 Å². The van der Waals surface area contributed by atoms with Crippen LogP contribution in [0.4, 0.5) is 10.2 Å². The van der Waals surface area contributed by atoms with Crippen LogP contribution in [-0.4, -0.2) is 9.97 Å². The van der Waals surface area contributed by atoms with Gasteiger partial charge < -0.3 is 5.43 Å². The summed E-state index contributed by atoms with van der Waals surface area (Å²) in [6, 6.07) is 6.40. The number of hydrazine groups is 1. The van der Waals surface area contributed by atoms with Gasteiger partial charge in [0.1, 0.15) is 11.6 Å². The number of benzene rings is 1. The van der Waals surface area contributed by atoms with Gasteiger partial charge in [0.25, 0.3) is 0 Å². The Morgan fingerprint density at radius 2 is 2.05 bits per heavy atom. The van der Waals surface area contributed by atoms with Crippen molar-refractivity contribution in [2.24, 2.45) is 5.84 Å². The van der Waals surface area contributed by atoms with Gasteiger partial charge in [0, 0.05) is 17.3 Å². The Bertz CT molecular complexity index is 584. The van der Waals surface area contributed by atoms with E-state index in [1.807, 2.05) is 13.0 Å². The minimum Gasteiger partial charge on any atom is -0.308 e. The zero-order valence-electron chi connectivity index (χ0n) is 11.1. The van der Waals surface area contributed by atoms with E-state index in [1.54, 1.807) is 6.07 Å². The molecule has 19 heavy (non-hydrogen) atoms. The van der Waals surface area contributed by atoms with Crippen molar-refractivity contribution in [1.29, 1.82) is 0 Å². The molecule has 0 aliphatic heterocycles. The van der Waals surface area contributed by atoms with Crippen molar-refractivity contribution >= 4 is 5.82 Å². The average Bonchev–Trinajstić information content (AvgIpc) is 2.41. The first-order valence-electron chi connectivity index (χ1n) is 6.25. The molecule has 0 atom stereocenters. The number of nitrogens with two attached hydrogens (primary N) is 1. The number of hydrogen-bond donors (Lipinski definition) is 2. The van der Waals surface area contributed by atoms with Gasteiger partial charge >= 0.3 is 0 Å². The first-order chi connectivity index (χ1) is 9.13. The lowest BCUT2D eigenvalue weighted by molar-refractivity contribution is 0.627. The second kappa shape index (κ2) is 5.75. The van der Waals surface area contributed by atoms with Crippen LogP contribution >= 0.6 is 0 Å². The van der Waals surface area contributed by atoms with Crippen LogP contribution in [0.1, 0.15) is 24.6 Å². The molecule has 0 radical (unpaired) electrons. The van der Waals surface area contributed by atoms with Crippen LogP contribution in [0, 0.1) is 12.7 Å². The summed E-state index contributed by atoms with van der Waals surface area (Å²) in [7, 11) is 0. The summed E-state index contributed by atoms with van der Waals surface area (Å²) in [4.78, 5) is 8.76. The molecule has 0 fully saturated rings. The third kappa shape index (κ3) is 3.06. The van der Waals surface area contributed by atoms with Gasteiger partial charge in [-0.15, -0.1) is 0 Å². The van der Waals surface area contributed by atoms with Crippen molar-refractivity contribution in [3.8, 4) is 11.4 Å². The maximum atomic E-state index is 13.4. The van der Waals surface area contributed by atoms with Crippen LogP contribution in [0.3, 0.4) is 0 Å². The maximum absolute atomic E-state index is 13.4. The first-order valence-corrected chi connectivity index (χ1v) is 6.25. The smallest absolute Gasteiger partial charge is 0.162 e. The molecule has 0 bridgehead atoms. The van der Waals surface area contributed by atoms with E-state index in [0.29, 0.717) is 17.2 Å². The average molecular weight is 260 g/mol. The molecule has 2 aromatic rings. The van der Waals surface area contributed by atoms with Crippen molar-refractivity contribution in [3.63, 3.8) is 0 Å². The Morgan fingerprint density at radius 1 is 1.26 bits per heavy atom. The Hall–Kier alpha value is -2.01. The van der Waals surface area contributed by atoms with E-state index < -0.39 is 0 Å². The SMILES string of the molecule is CCCc1cc(NN)nc(-c2cc(F)ccc2C)n1. The number of nitrogens with zero attached hydrogens (tertiary/aromatic N) is 2. The fourth-order valence-electron chi connectivity index (χ4n) is 1.91.